The van der Waals surface area contributed by atoms with Crippen LogP contribution in [0.15, 0.2) is 24.3 Å². The smallest absolute Gasteiger partial charge is 0.328 e. The van der Waals surface area contributed by atoms with Crippen LogP contribution in [0.3, 0.4) is 0 Å². The Morgan fingerprint density at radius 3 is 2.18 bits per heavy atom. The average Bonchev–Trinajstić information content (AvgIpc) is 2.31. The first-order chi connectivity index (χ1) is 8.01. The number of aliphatic carboxylic acids is 1. The second-order valence-electron chi connectivity index (χ2n) is 3.00. The van der Waals surface area contributed by atoms with E-state index >= 15 is 0 Å². The van der Waals surface area contributed by atoms with Gasteiger partial charge in [-0.25, -0.2) is 4.79 Å². The molecule has 1 aromatic carbocycles. The van der Waals surface area contributed by atoms with Gasteiger partial charge in [-0.05, 0) is 23.8 Å². The molecule has 0 aliphatic rings. The van der Waals surface area contributed by atoms with Crippen molar-refractivity contribution in [3.63, 3.8) is 0 Å². The Morgan fingerprint density at radius 2 is 1.76 bits per heavy atom. The molecular formula is C11H16N2O4. The molecule has 6 nitrogen and oxygen atoms in total. The van der Waals surface area contributed by atoms with Crippen molar-refractivity contribution < 1.29 is 20.1 Å². The molecule has 1 rings (SSSR count). The summed E-state index contributed by atoms with van der Waals surface area (Å²) in [6, 6.07) is 4.06. The van der Waals surface area contributed by atoms with Gasteiger partial charge in [0.25, 0.3) is 0 Å². The number of rotatable bonds is 3. The summed E-state index contributed by atoms with van der Waals surface area (Å²) in [6.07, 6.45) is 2.27. The zero-order chi connectivity index (χ0) is 13.3. The van der Waals surface area contributed by atoms with Crippen molar-refractivity contribution in [1.29, 1.82) is 0 Å². The summed E-state index contributed by atoms with van der Waals surface area (Å²) in [5.74, 6) is -1.56. The largest absolute Gasteiger partial charge is 0.504 e. The van der Waals surface area contributed by atoms with Gasteiger partial charge in [0.15, 0.2) is 11.5 Å². The number of carbonyl (C=O) groups is 1. The minimum atomic E-state index is -1.06. The maximum atomic E-state index is 10.1. The molecule has 0 heterocycles. The highest BCUT2D eigenvalue weighted by atomic mass is 16.4. The van der Waals surface area contributed by atoms with Crippen LogP contribution in [0, 0.1) is 0 Å². The second kappa shape index (κ2) is 8.14. The van der Waals surface area contributed by atoms with Gasteiger partial charge >= 0.3 is 5.97 Å². The van der Waals surface area contributed by atoms with E-state index in [4.69, 9.17) is 26.8 Å². The molecule has 0 fully saturated rings. The van der Waals surface area contributed by atoms with Crippen LogP contribution in [0.2, 0.25) is 0 Å². The van der Waals surface area contributed by atoms with E-state index < -0.39 is 5.97 Å². The number of nitrogens with two attached hydrogens (primary N) is 2. The maximum absolute atomic E-state index is 10.1. The average molecular weight is 240 g/mol. The molecular weight excluding hydrogens is 224 g/mol. The van der Waals surface area contributed by atoms with Crippen molar-refractivity contribution in [3.8, 4) is 11.5 Å². The number of hydrogen-bond acceptors (Lipinski definition) is 5. The zero-order valence-electron chi connectivity index (χ0n) is 9.21. The molecule has 0 amide bonds. The van der Waals surface area contributed by atoms with Gasteiger partial charge in [0.05, 0.1) is 0 Å². The molecule has 0 aliphatic heterocycles. The fourth-order valence-electron chi connectivity index (χ4n) is 0.812. The van der Waals surface area contributed by atoms with Crippen molar-refractivity contribution >= 4 is 12.0 Å². The highest BCUT2D eigenvalue weighted by Crippen LogP contribution is 2.25. The van der Waals surface area contributed by atoms with Gasteiger partial charge < -0.3 is 26.8 Å². The number of carboxylic acids is 1. The summed E-state index contributed by atoms with van der Waals surface area (Å²) in [7, 11) is 0. The number of benzene rings is 1. The van der Waals surface area contributed by atoms with Gasteiger partial charge in [-0.1, -0.05) is 6.07 Å². The highest BCUT2D eigenvalue weighted by Gasteiger charge is 1.97. The quantitative estimate of drug-likeness (QED) is 0.376. The molecule has 0 aromatic heterocycles. The van der Waals surface area contributed by atoms with Crippen LogP contribution in [0.25, 0.3) is 6.08 Å². The van der Waals surface area contributed by atoms with Crippen molar-refractivity contribution in [3.05, 3.63) is 29.8 Å². The summed E-state index contributed by atoms with van der Waals surface area (Å²) in [5.41, 5.74) is 10.3. The molecule has 0 spiro atoms. The Labute approximate surface area is 98.8 Å². The number of carboxylic acid groups (broad SMARTS) is 1. The third-order valence-corrected chi connectivity index (χ3v) is 1.58. The lowest BCUT2D eigenvalue weighted by molar-refractivity contribution is -0.131. The van der Waals surface area contributed by atoms with E-state index in [2.05, 4.69) is 0 Å². The molecule has 17 heavy (non-hydrogen) atoms. The molecule has 0 saturated carbocycles. The normalized spacial score (nSPS) is 9.76. The first kappa shape index (κ1) is 14.9. The topological polar surface area (TPSA) is 130 Å². The Balaban J connectivity index is 0.000000557. The highest BCUT2D eigenvalue weighted by molar-refractivity contribution is 5.85. The molecule has 0 bridgehead atoms. The number of phenolic OH excluding ortho intramolecular Hbond substituents is 2. The van der Waals surface area contributed by atoms with E-state index in [1.165, 1.54) is 24.3 Å². The molecule has 6 heteroatoms. The number of hydrogen-bond donors (Lipinski definition) is 5. The van der Waals surface area contributed by atoms with E-state index in [0.29, 0.717) is 18.7 Å². The third-order valence-electron chi connectivity index (χ3n) is 1.58. The number of aromatic hydroxyl groups is 2. The molecule has 7 N–H and O–H groups in total. The fraction of sp³-hybridized carbons (Fsp3) is 0.182. The first-order valence-corrected chi connectivity index (χ1v) is 4.84. The molecule has 94 valence electrons. The molecule has 0 atom stereocenters. The van der Waals surface area contributed by atoms with E-state index in [-0.39, 0.29) is 11.5 Å². The lowest BCUT2D eigenvalue weighted by Gasteiger charge is -1.97. The summed E-state index contributed by atoms with van der Waals surface area (Å²) in [4.78, 5) is 10.1. The lowest BCUT2D eigenvalue weighted by Crippen LogP contribution is -2.11. The van der Waals surface area contributed by atoms with Crippen LogP contribution in [0.4, 0.5) is 0 Å². The standard InChI is InChI=1S/C9H8O4.C2H8N2/c10-7-3-1-6(5-8(7)11)2-4-9(12)13;3-1-2-4/h1-5,10-11H,(H,12,13);1-4H2. The van der Waals surface area contributed by atoms with E-state index in [0.717, 1.165) is 6.08 Å². The summed E-state index contributed by atoms with van der Waals surface area (Å²) in [6.45, 7) is 1.19. The Kier molecular flexibility index (Phi) is 7.16. The monoisotopic (exact) mass is 240 g/mol. The van der Waals surface area contributed by atoms with Gasteiger partial charge in [-0.15, -0.1) is 0 Å². The summed E-state index contributed by atoms with van der Waals surface area (Å²) >= 11 is 0. The van der Waals surface area contributed by atoms with Crippen LogP contribution >= 0.6 is 0 Å². The molecule has 0 radical (unpaired) electrons. The molecule has 0 saturated heterocycles. The SMILES string of the molecule is NCCN.O=C(O)C=Cc1ccc(O)c(O)c1. The molecule has 0 aliphatic carbocycles. The molecule has 1 aromatic rings. The van der Waals surface area contributed by atoms with Crippen molar-refractivity contribution in [2.75, 3.05) is 13.1 Å². The predicted molar refractivity (Wildman–Crippen MR) is 64.6 cm³/mol. The fourth-order valence-corrected chi connectivity index (χ4v) is 0.812. The van der Waals surface area contributed by atoms with Crippen molar-refractivity contribution in [2.24, 2.45) is 11.5 Å². The van der Waals surface area contributed by atoms with E-state index in [1.54, 1.807) is 0 Å². The summed E-state index contributed by atoms with van der Waals surface area (Å²) < 4.78 is 0. The van der Waals surface area contributed by atoms with Gasteiger partial charge in [0.2, 0.25) is 0 Å². The van der Waals surface area contributed by atoms with Crippen LogP contribution < -0.4 is 11.5 Å². The Bertz CT molecular complexity index is 389. The van der Waals surface area contributed by atoms with Crippen LogP contribution in [0.1, 0.15) is 5.56 Å². The predicted octanol–water partition coefficient (Wildman–Crippen LogP) is 0.0994. The van der Waals surface area contributed by atoms with E-state index in [1.807, 2.05) is 0 Å². The van der Waals surface area contributed by atoms with Gasteiger partial charge in [-0.2, -0.15) is 0 Å². The zero-order valence-corrected chi connectivity index (χ0v) is 9.21. The second-order valence-corrected chi connectivity index (χ2v) is 3.00. The van der Waals surface area contributed by atoms with Gasteiger partial charge in [0, 0.05) is 19.2 Å². The Morgan fingerprint density at radius 1 is 1.18 bits per heavy atom. The van der Waals surface area contributed by atoms with E-state index in [9.17, 15) is 4.79 Å². The van der Waals surface area contributed by atoms with Crippen molar-refractivity contribution in [1.82, 2.24) is 0 Å². The van der Waals surface area contributed by atoms with Gasteiger partial charge in [-0.3, -0.25) is 0 Å². The van der Waals surface area contributed by atoms with Crippen LogP contribution in [-0.2, 0) is 4.79 Å². The number of phenols is 2. The molecule has 0 unspecified atom stereocenters. The Hall–Kier alpha value is -2.05. The maximum Gasteiger partial charge on any atom is 0.328 e. The van der Waals surface area contributed by atoms with Crippen molar-refractivity contribution in [2.45, 2.75) is 0 Å². The van der Waals surface area contributed by atoms with Gasteiger partial charge in [0.1, 0.15) is 0 Å². The van der Waals surface area contributed by atoms with Crippen LogP contribution in [-0.4, -0.2) is 34.4 Å². The first-order valence-electron chi connectivity index (χ1n) is 4.84. The minimum absolute atomic E-state index is 0.229. The summed E-state index contributed by atoms with van der Waals surface area (Å²) in [5, 5.41) is 26.3. The third kappa shape index (κ3) is 6.93. The van der Waals surface area contributed by atoms with Crippen LogP contribution in [0.5, 0.6) is 11.5 Å². The minimum Gasteiger partial charge on any atom is -0.504 e. The lowest BCUT2D eigenvalue weighted by atomic mass is 10.2.